The lowest BCUT2D eigenvalue weighted by Gasteiger charge is -2.09. The molecule has 1 rings (SSSR count). The molecule has 0 spiro atoms. The van der Waals surface area contributed by atoms with Crippen molar-refractivity contribution in [1.29, 1.82) is 0 Å². The Balaban J connectivity index is 3.06. The van der Waals surface area contributed by atoms with E-state index in [0.717, 1.165) is 15.6 Å². The molecular weight excluding hydrogens is 293 g/mol. The van der Waals surface area contributed by atoms with Crippen LogP contribution in [0.25, 0.3) is 0 Å². The quantitative estimate of drug-likeness (QED) is 0.839. The number of carbonyl (C=O) groups is 1. The van der Waals surface area contributed by atoms with Gasteiger partial charge in [0.05, 0.1) is 0 Å². The van der Waals surface area contributed by atoms with Gasteiger partial charge in [0.15, 0.2) is 0 Å². The minimum absolute atomic E-state index is 0.662. The van der Waals surface area contributed by atoms with Gasteiger partial charge >= 0.3 is 5.97 Å². The molecule has 0 aliphatic heterocycles. The predicted octanol–water partition coefficient (Wildman–Crippen LogP) is 1.94. The summed E-state index contributed by atoms with van der Waals surface area (Å²) in [7, 11) is 0. The molecule has 14 heavy (non-hydrogen) atoms. The maximum Gasteiger partial charge on any atom is 0.325 e. The molecule has 3 N–H and O–H groups in total. The van der Waals surface area contributed by atoms with Gasteiger partial charge in [0.1, 0.15) is 6.04 Å². The van der Waals surface area contributed by atoms with Crippen LogP contribution in [-0.4, -0.2) is 11.1 Å². The highest BCUT2D eigenvalue weighted by molar-refractivity contribution is 14.1. The van der Waals surface area contributed by atoms with Crippen molar-refractivity contribution in [2.45, 2.75) is 19.4 Å². The number of rotatable bonds is 3. The molecule has 0 bridgehead atoms. The number of nitrogens with two attached hydrogens (primary N) is 1. The summed E-state index contributed by atoms with van der Waals surface area (Å²) >= 11 is 2.23. The number of halogens is 1. The van der Waals surface area contributed by atoms with Crippen LogP contribution in [0.2, 0.25) is 0 Å². The van der Waals surface area contributed by atoms with Gasteiger partial charge in [-0.25, -0.2) is 0 Å². The van der Waals surface area contributed by atoms with Crippen molar-refractivity contribution in [3.05, 3.63) is 32.9 Å². The van der Waals surface area contributed by atoms with Gasteiger partial charge < -0.3 is 10.8 Å². The summed E-state index contributed by atoms with van der Waals surface area (Å²) in [4.78, 5) is 10.7. The number of aliphatic carboxylic acids is 1. The van der Waals surface area contributed by atoms with Crippen molar-refractivity contribution in [2.24, 2.45) is 5.73 Å². The van der Waals surface area contributed by atoms with Crippen LogP contribution in [0.5, 0.6) is 0 Å². The van der Waals surface area contributed by atoms with E-state index in [1.165, 1.54) is 0 Å². The lowest BCUT2D eigenvalue weighted by molar-refractivity contribution is -0.138. The third kappa shape index (κ3) is 2.45. The van der Waals surface area contributed by atoms with Crippen LogP contribution in [0, 0.1) is 3.57 Å². The first-order valence-electron chi connectivity index (χ1n) is 4.33. The van der Waals surface area contributed by atoms with Crippen LogP contribution < -0.4 is 5.73 Å². The van der Waals surface area contributed by atoms with E-state index >= 15 is 0 Å². The minimum Gasteiger partial charge on any atom is -0.480 e. The molecular formula is C10H12INO2. The number of aryl methyl sites for hydroxylation is 1. The Morgan fingerprint density at radius 3 is 2.79 bits per heavy atom. The Hall–Kier alpha value is -0.620. The van der Waals surface area contributed by atoms with Crippen molar-refractivity contribution >= 4 is 28.6 Å². The lowest BCUT2D eigenvalue weighted by Crippen LogP contribution is -2.20. The zero-order valence-electron chi connectivity index (χ0n) is 7.83. The van der Waals surface area contributed by atoms with E-state index in [4.69, 9.17) is 10.8 Å². The average Bonchev–Trinajstić information content (AvgIpc) is 2.17. The van der Waals surface area contributed by atoms with Gasteiger partial charge in [-0.1, -0.05) is 19.1 Å². The predicted molar refractivity (Wildman–Crippen MR) is 63.1 cm³/mol. The van der Waals surface area contributed by atoms with Crippen molar-refractivity contribution < 1.29 is 9.90 Å². The molecule has 76 valence electrons. The Morgan fingerprint density at radius 2 is 2.29 bits per heavy atom. The Bertz CT molecular complexity index is 352. The summed E-state index contributed by atoms with van der Waals surface area (Å²) in [5.74, 6) is -0.992. The van der Waals surface area contributed by atoms with Crippen LogP contribution in [0.4, 0.5) is 0 Å². The molecule has 0 amide bonds. The fourth-order valence-electron chi connectivity index (χ4n) is 1.20. The van der Waals surface area contributed by atoms with Gasteiger partial charge in [0.25, 0.3) is 0 Å². The molecule has 0 fully saturated rings. The molecule has 0 heterocycles. The number of hydrogen-bond acceptors (Lipinski definition) is 2. The highest BCUT2D eigenvalue weighted by Crippen LogP contribution is 2.18. The molecule has 0 aliphatic rings. The number of carboxylic acid groups (broad SMARTS) is 1. The number of benzene rings is 1. The molecule has 1 aromatic rings. The van der Waals surface area contributed by atoms with E-state index in [2.05, 4.69) is 22.6 Å². The molecule has 1 aromatic carbocycles. The van der Waals surface area contributed by atoms with Crippen LogP contribution >= 0.6 is 22.6 Å². The zero-order chi connectivity index (χ0) is 10.7. The van der Waals surface area contributed by atoms with Crippen molar-refractivity contribution in [3.63, 3.8) is 0 Å². The second kappa shape index (κ2) is 4.75. The van der Waals surface area contributed by atoms with Crippen LogP contribution in [-0.2, 0) is 11.2 Å². The molecule has 4 heteroatoms. The van der Waals surface area contributed by atoms with Crippen molar-refractivity contribution in [1.82, 2.24) is 0 Å². The molecule has 0 radical (unpaired) electrons. The molecule has 1 atom stereocenters. The first-order chi connectivity index (χ1) is 6.56. The van der Waals surface area contributed by atoms with Gasteiger partial charge in [-0.05, 0) is 46.2 Å². The third-order valence-electron chi connectivity index (χ3n) is 2.08. The molecule has 0 aliphatic carbocycles. The number of hydrogen-bond donors (Lipinski definition) is 2. The van der Waals surface area contributed by atoms with Gasteiger partial charge in [-0.15, -0.1) is 0 Å². The van der Waals surface area contributed by atoms with Crippen molar-refractivity contribution in [2.75, 3.05) is 0 Å². The summed E-state index contributed by atoms with van der Waals surface area (Å²) < 4.78 is 1.14. The van der Waals surface area contributed by atoms with Crippen LogP contribution in [0.3, 0.4) is 0 Å². The molecule has 0 saturated heterocycles. The smallest absolute Gasteiger partial charge is 0.325 e. The Kier molecular flexibility index (Phi) is 3.88. The van der Waals surface area contributed by atoms with E-state index in [9.17, 15) is 4.79 Å². The molecule has 0 aromatic heterocycles. The standard InChI is InChI=1S/C10H12INO2/c1-2-6-5-7(3-4-8(6)11)9(12)10(13)14/h3-5,9H,2,12H2,1H3,(H,13,14)/t9-/m0/s1. The number of carboxylic acids is 1. The van der Waals surface area contributed by atoms with E-state index in [1.807, 2.05) is 19.1 Å². The molecule has 0 unspecified atom stereocenters. The SMILES string of the molecule is CCc1cc([C@H](N)C(=O)O)ccc1I. The van der Waals surface area contributed by atoms with Gasteiger partial charge in [0.2, 0.25) is 0 Å². The summed E-state index contributed by atoms with van der Waals surface area (Å²) in [6, 6.07) is 4.61. The highest BCUT2D eigenvalue weighted by Gasteiger charge is 2.14. The monoisotopic (exact) mass is 305 g/mol. The second-order valence-electron chi connectivity index (χ2n) is 3.02. The van der Waals surface area contributed by atoms with Crippen molar-refractivity contribution in [3.8, 4) is 0 Å². The van der Waals surface area contributed by atoms with E-state index in [-0.39, 0.29) is 0 Å². The fourth-order valence-corrected chi connectivity index (χ4v) is 1.92. The normalized spacial score (nSPS) is 12.5. The summed E-state index contributed by atoms with van der Waals surface area (Å²) in [5.41, 5.74) is 7.31. The largest absolute Gasteiger partial charge is 0.480 e. The first-order valence-corrected chi connectivity index (χ1v) is 5.40. The van der Waals surface area contributed by atoms with Crippen LogP contribution in [0.15, 0.2) is 18.2 Å². The summed E-state index contributed by atoms with van der Waals surface area (Å²) in [5, 5.41) is 8.74. The molecule has 0 saturated carbocycles. The van der Waals surface area contributed by atoms with Gasteiger partial charge in [-0.3, -0.25) is 4.79 Å². The zero-order valence-corrected chi connectivity index (χ0v) is 9.98. The second-order valence-corrected chi connectivity index (χ2v) is 4.18. The maximum atomic E-state index is 10.7. The fraction of sp³-hybridized carbons (Fsp3) is 0.300. The maximum absolute atomic E-state index is 10.7. The third-order valence-corrected chi connectivity index (χ3v) is 3.13. The van der Waals surface area contributed by atoms with E-state index in [0.29, 0.717) is 5.56 Å². The topological polar surface area (TPSA) is 63.3 Å². The Labute approximate surface area is 96.4 Å². The average molecular weight is 305 g/mol. The molecule has 3 nitrogen and oxygen atoms in total. The van der Waals surface area contributed by atoms with Crippen LogP contribution in [0.1, 0.15) is 24.1 Å². The highest BCUT2D eigenvalue weighted by atomic mass is 127. The Morgan fingerprint density at radius 1 is 1.64 bits per heavy atom. The van der Waals surface area contributed by atoms with Gasteiger partial charge in [-0.2, -0.15) is 0 Å². The van der Waals surface area contributed by atoms with Gasteiger partial charge in [0, 0.05) is 3.57 Å². The summed E-state index contributed by atoms with van der Waals surface area (Å²) in [6.45, 7) is 2.04. The lowest BCUT2D eigenvalue weighted by atomic mass is 10.0. The van der Waals surface area contributed by atoms with E-state index < -0.39 is 12.0 Å². The minimum atomic E-state index is -0.992. The first kappa shape index (κ1) is 11.5. The van der Waals surface area contributed by atoms with E-state index in [1.54, 1.807) is 6.07 Å². The summed E-state index contributed by atoms with van der Waals surface area (Å²) in [6.07, 6.45) is 0.887.